The van der Waals surface area contributed by atoms with Gasteiger partial charge in [0.15, 0.2) is 0 Å². The normalized spacial score (nSPS) is 17.0. The monoisotopic (exact) mass is 1250 g/mol. The SMILES string of the molecule is COC1=CCC(N(c2ccc(C(C)(C)C)cc2)c2ccc3c4c5c(cc3c2)Sc2c3c(cc6cc(N(c7ccc(OC)cc7)c7ccc(C(C)(C)C)cc7)ccc26)SC2c6ccc(N(c7ccc(OC)cc7)c7ccc(C(C)(C)C)cc7)cc6C=C(S4)C2N53)C=C1. The first-order chi connectivity index (χ1) is 43.8. The maximum absolute atomic E-state index is 5.73. The molecule has 10 heteroatoms. The molecule has 0 spiro atoms. The van der Waals surface area contributed by atoms with Gasteiger partial charge in [0.25, 0.3) is 0 Å². The van der Waals surface area contributed by atoms with Crippen molar-refractivity contribution in [3.05, 3.63) is 245 Å². The summed E-state index contributed by atoms with van der Waals surface area (Å²) in [7, 11) is 5.22. The van der Waals surface area contributed by atoms with E-state index in [4.69, 9.17) is 14.2 Å². The zero-order valence-electron chi connectivity index (χ0n) is 53.9. The number of anilines is 10. The van der Waals surface area contributed by atoms with Gasteiger partial charge in [-0.1, -0.05) is 147 Å². The molecule has 0 saturated carbocycles. The number of fused-ring (bicyclic) bond motifs is 6. The third kappa shape index (κ3) is 10.4. The van der Waals surface area contributed by atoms with Gasteiger partial charge in [0.2, 0.25) is 0 Å². The average Bonchev–Trinajstić information content (AvgIpc) is 0.686. The summed E-state index contributed by atoms with van der Waals surface area (Å²) in [4.78, 5) is 16.6. The highest BCUT2D eigenvalue weighted by atomic mass is 32.2. The van der Waals surface area contributed by atoms with Gasteiger partial charge < -0.3 is 33.8 Å². The van der Waals surface area contributed by atoms with E-state index in [1.54, 1.807) is 21.3 Å². The number of rotatable bonds is 12. The number of methoxy groups -OCH3 is 3. The fourth-order valence-corrected chi connectivity index (χ4v) is 18.2. The molecule has 0 bridgehead atoms. The highest BCUT2D eigenvalue weighted by Crippen LogP contribution is 2.69. The Morgan fingerprint density at radius 1 is 0.451 bits per heavy atom. The van der Waals surface area contributed by atoms with Gasteiger partial charge in [-0.2, -0.15) is 0 Å². The fraction of sp³-hybridized carbons (Fsp3) is 0.235. The lowest BCUT2D eigenvalue weighted by molar-refractivity contribution is 0.303. The molecule has 10 aromatic carbocycles. The van der Waals surface area contributed by atoms with Crippen LogP contribution in [0.5, 0.6) is 11.5 Å². The first-order valence-electron chi connectivity index (χ1n) is 31.6. The lowest BCUT2D eigenvalue weighted by Crippen LogP contribution is -2.44. The topological polar surface area (TPSA) is 40.6 Å². The molecule has 15 rings (SSSR count). The molecule has 7 nitrogen and oxygen atoms in total. The third-order valence-corrected chi connectivity index (χ3v) is 22.5. The lowest BCUT2D eigenvalue weighted by Gasteiger charge is -2.52. The Hall–Kier alpha value is -8.41. The van der Waals surface area contributed by atoms with E-state index in [0.717, 1.165) is 69.2 Å². The largest absolute Gasteiger partial charge is 0.497 e. The second kappa shape index (κ2) is 22.5. The Kier molecular flexibility index (Phi) is 14.5. The Labute approximate surface area is 549 Å². The van der Waals surface area contributed by atoms with Crippen molar-refractivity contribution in [2.45, 2.75) is 122 Å². The molecule has 0 aromatic heterocycles. The van der Waals surface area contributed by atoms with Gasteiger partial charge in [-0.15, -0.1) is 11.8 Å². The minimum absolute atomic E-state index is 0.0230. The number of ether oxygens (including phenoxy) is 3. The van der Waals surface area contributed by atoms with Gasteiger partial charge in [-0.05, 0) is 224 Å². The number of nitrogens with zero attached hydrogens (tertiary/aromatic N) is 4. The van der Waals surface area contributed by atoms with Crippen molar-refractivity contribution in [2.75, 3.05) is 40.9 Å². The molecule has 91 heavy (non-hydrogen) atoms. The van der Waals surface area contributed by atoms with Gasteiger partial charge in [0.1, 0.15) is 17.3 Å². The van der Waals surface area contributed by atoms with E-state index < -0.39 is 0 Å². The van der Waals surface area contributed by atoms with Gasteiger partial charge >= 0.3 is 0 Å². The molecule has 0 fully saturated rings. The van der Waals surface area contributed by atoms with Crippen LogP contribution in [0.4, 0.5) is 56.9 Å². The van der Waals surface area contributed by atoms with E-state index >= 15 is 0 Å². The Bertz CT molecular complexity index is 4610. The summed E-state index contributed by atoms with van der Waals surface area (Å²) in [5, 5.41) is 5.05. The van der Waals surface area contributed by atoms with E-state index in [9.17, 15) is 0 Å². The van der Waals surface area contributed by atoms with Gasteiger partial charge in [0.05, 0.1) is 50.0 Å². The van der Waals surface area contributed by atoms with Crippen molar-refractivity contribution >= 4 is 120 Å². The fourth-order valence-electron chi connectivity index (χ4n) is 13.8. The number of thioether (sulfide) groups is 2. The highest BCUT2D eigenvalue weighted by Gasteiger charge is 2.50. The molecule has 0 amide bonds. The van der Waals surface area contributed by atoms with Crippen LogP contribution in [0.15, 0.2) is 237 Å². The van der Waals surface area contributed by atoms with E-state index in [2.05, 4.69) is 294 Å². The molecule has 456 valence electrons. The molecule has 2 aliphatic carbocycles. The van der Waals surface area contributed by atoms with Gasteiger partial charge in [-0.3, -0.25) is 0 Å². The molecular formula is C81H76N4O3S3. The van der Waals surface area contributed by atoms with Crippen molar-refractivity contribution in [1.29, 1.82) is 0 Å². The van der Waals surface area contributed by atoms with Crippen molar-refractivity contribution in [1.82, 2.24) is 0 Å². The molecule has 3 heterocycles. The highest BCUT2D eigenvalue weighted by molar-refractivity contribution is 8.04. The predicted octanol–water partition coefficient (Wildman–Crippen LogP) is 23.1. The van der Waals surface area contributed by atoms with Gasteiger partial charge in [-0.25, -0.2) is 0 Å². The van der Waals surface area contributed by atoms with Crippen molar-refractivity contribution in [3.63, 3.8) is 0 Å². The third-order valence-electron chi connectivity index (χ3n) is 18.8. The van der Waals surface area contributed by atoms with Crippen LogP contribution >= 0.6 is 35.3 Å². The smallest absolute Gasteiger partial charge is 0.119 e. The molecule has 5 aliphatic rings. The Balaban J connectivity index is 0.917. The van der Waals surface area contributed by atoms with Crippen LogP contribution in [0.2, 0.25) is 0 Å². The van der Waals surface area contributed by atoms with Crippen molar-refractivity contribution in [3.8, 4) is 11.5 Å². The van der Waals surface area contributed by atoms with E-state index in [-0.39, 0.29) is 33.6 Å². The molecular weight excluding hydrogens is 1170 g/mol. The standard InChI is InChI=1S/C81H76N4O3S3/c1-79(2,3)52-13-19-55(20-14-52)82(58-25-34-64(86-10)35-26-58)61-31-40-67-49(43-61)46-70-73-76(67)90-71-47-50-44-63(84(60-29-38-66(88-12)39-30-60)57-23-17-54(18-24-57)81(7,8)9)33-42-69(50)78-74(71)85(73)75-72(91-78)48-51-45-62(32-41-68(51)77(75)89-70)83(59-27-36-65(87-11)37-28-59)56-21-15-53(16-22-56)80(4,5)6/h13-29,31-48,60,75,77H,30H2,1-12H3. The summed E-state index contributed by atoms with van der Waals surface area (Å²) in [6, 6.07) is 71.1. The Morgan fingerprint density at radius 2 is 0.901 bits per heavy atom. The lowest BCUT2D eigenvalue weighted by atomic mass is 9.87. The maximum atomic E-state index is 5.73. The molecule has 3 unspecified atom stereocenters. The van der Waals surface area contributed by atoms with Crippen LogP contribution in [0.25, 0.3) is 27.6 Å². The maximum Gasteiger partial charge on any atom is 0.119 e. The summed E-state index contributed by atoms with van der Waals surface area (Å²) in [6.07, 6.45) is 9.99. The van der Waals surface area contributed by atoms with Gasteiger partial charge in [0, 0.05) is 70.0 Å². The second-order valence-electron chi connectivity index (χ2n) is 27.6. The predicted molar refractivity (Wildman–Crippen MR) is 387 cm³/mol. The van der Waals surface area contributed by atoms with Crippen LogP contribution < -0.4 is 29.1 Å². The van der Waals surface area contributed by atoms with Crippen LogP contribution in [0, 0.1) is 0 Å². The molecule has 10 aromatic rings. The van der Waals surface area contributed by atoms with Crippen LogP contribution in [0.3, 0.4) is 0 Å². The molecule has 0 saturated heterocycles. The average molecular weight is 1250 g/mol. The number of hydrogen-bond donors (Lipinski definition) is 0. The van der Waals surface area contributed by atoms with E-state index in [1.165, 1.54) is 85.2 Å². The summed E-state index contributed by atoms with van der Waals surface area (Å²) in [5.74, 6) is 2.56. The Morgan fingerprint density at radius 3 is 1.41 bits per heavy atom. The molecule has 3 aliphatic heterocycles. The molecule has 0 radical (unpaired) electrons. The summed E-state index contributed by atoms with van der Waals surface area (Å²) < 4.78 is 17.1. The number of benzene rings is 10. The zero-order valence-corrected chi connectivity index (χ0v) is 56.3. The molecule has 0 N–H and O–H groups in total. The van der Waals surface area contributed by atoms with Crippen molar-refractivity contribution < 1.29 is 14.2 Å². The summed E-state index contributed by atoms with van der Waals surface area (Å²) in [6.45, 7) is 20.5. The van der Waals surface area contributed by atoms with Crippen LogP contribution in [0.1, 0.15) is 102 Å². The van der Waals surface area contributed by atoms with E-state index in [0.29, 0.717) is 0 Å². The van der Waals surface area contributed by atoms with Crippen LogP contribution in [-0.4, -0.2) is 33.4 Å². The summed E-state index contributed by atoms with van der Waals surface area (Å²) >= 11 is 5.97. The van der Waals surface area contributed by atoms with Crippen LogP contribution in [-0.2, 0) is 21.0 Å². The number of hydrogen-bond acceptors (Lipinski definition) is 10. The minimum atomic E-state index is 0.0230. The zero-order chi connectivity index (χ0) is 62.8. The first-order valence-corrected chi connectivity index (χ1v) is 34.1. The van der Waals surface area contributed by atoms with Crippen molar-refractivity contribution in [2.24, 2.45) is 0 Å². The minimum Gasteiger partial charge on any atom is -0.497 e. The summed E-state index contributed by atoms with van der Waals surface area (Å²) in [5.41, 5.74) is 18.1. The number of allylic oxidation sites excluding steroid dienone is 1. The second-order valence-corrected chi connectivity index (χ2v) is 31.0. The quantitative estimate of drug-likeness (QED) is 0.118. The first kappa shape index (κ1) is 58.9. The van der Waals surface area contributed by atoms with E-state index in [1.807, 2.05) is 35.3 Å². The molecule has 3 atom stereocenters.